The van der Waals surface area contributed by atoms with Gasteiger partial charge in [0.15, 0.2) is 11.2 Å². The summed E-state index contributed by atoms with van der Waals surface area (Å²) in [6, 6.07) is 14.2. The molecule has 0 saturated carbocycles. The molecule has 0 aliphatic carbocycles. The molecular formula is C26H23NO5S. The number of aryl methyl sites for hydroxylation is 2. The Bertz CT molecular complexity index is 1400. The van der Waals surface area contributed by atoms with E-state index in [1.165, 1.54) is 17.4 Å². The second-order valence-corrected chi connectivity index (χ2v) is 8.43. The molecule has 7 heteroatoms. The van der Waals surface area contributed by atoms with Crippen LogP contribution >= 0.6 is 11.3 Å². The van der Waals surface area contributed by atoms with Crippen LogP contribution in [-0.4, -0.2) is 18.5 Å². The number of carbonyl (C=O) groups is 2. The fourth-order valence-corrected chi connectivity index (χ4v) is 4.45. The minimum Gasteiger partial charge on any atom is -0.462 e. The van der Waals surface area contributed by atoms with Crippen LogP contribution in [0.1, 0.15) is 45.9 Å². The van der Waals surface area contributed by atoms with Crippen LogP contribution in [0.2, 0.25) is 0 Å². The van der Waals surface area contributed by atoms with E-state index in [0.717, 1.165) is 23.1 Å². The molecule has 0 fully saturated rings. The molecule has 1 amide bonds. The van der Waals surface area contributed by atoms with Gasteiger partial charge in [0.25, 0.3) is 5.91 Å². The van der Waals surface area contributed by atoms with E-state index in [-0.39, 0.29) is 23.4 Å². The Morgan fingerprint density at radius 3 is 2.52 bits per heavy atom. The molecule has 168 valence electrons. The molecule has 0 aliphatic heterocycles. The summed E-state index contributed by atoms with van der Waals surface area (Å²) in [5.74, 6) is -1.27. The summed E-state index contributed by atoms with van der Waals surface area (Å²) < 4.78 is 10.9. The lowest BCUT2D eigenvalue weighted by Crippen LogP contribution is -2.16. The Kier molecular flexibility index (Phi) is 6.42. The van der Waals surface area contributed by atoms with Crippen LogP contribution < -0.4 is 10.7 Å². The molecule has 0 saturated heterocycles. The smallest absolute Gasteiger partial charge is 0.341 e. The van der Waals surface area contributed by atoms with Gasteiger partial charge < -0.3 is 14.5 Å². The van der Waals surface area contributed by atoms with Crippen molar-refractivity contribution in [3.8, 4) is 11.1 Å². The predicted octanol–water partition coefficient (Wildman–Crippen LogP) is 5.82. The first-order valence-corrected chi connectivity index (χ1v) is 11.5. The standard InChI is InChI=1S/C26H23NO5S/c1-4-16-8-11-21-18(12-16)20(28)13-22(32-21)24(29)27-25-23(26(30)31-5-2)19(14-33-25)17-9-6-15(3)7-10-17/h6-14H,4-5H2,1-3H3,(H,27,29). The SMILES string of the molecule is CCOC(=O)c1c(-c2ccc(C)cc2)csc1NC(=O)c1cc(=O)c2cc(CC)ccc2o1. The largest absolute Gasteiger partial charge is 0.462 e. The fraction of sp³-hybridized carbons (Fsp3) is 0.192. The van der Waals surface area contributed by atoms with Gasteiger partial charge in [-0.1, -0.05) is 42.8 Å². The van der Waals surface area contributed by atoms with Crippen molar-refractivity contribution in [2.75, 3.05) is 11.9 Å². The van der Waals surface area contributed by atoms with E-state index < -0.39 is 11.9 Å². The number of benzene rings is 2. The van der Waals surface area contributed by atoms with Gasteiger partial charge >= 0.3 is 5.97 Å². The van der Waals surface area contributed by atoms with Crippen molar-refractivity contribution in [3.63, 3.8) is 0 Å². The molecule has 33 heavy (non-hydrogen) atoms. The number of anilines is 1. The molecule has 0 bridgehead atoms. The summed E-state index contributed by atoms with van der Waals surface area (Å²) in [5, 5.41) is 5.29. The molecule has 6 nitrogen and oxygen atoms in total. The van der Waals surface area contributed by atoms with Crippen molar-refractivity contribution in [3.05, 3.63) is 86.6 Å². The van der Waals surface area contributed by atoms with Crippen molar-refractivity contribution >= 4 is 39.2 Å². The van der Waals surface area contributed by atoms with Crippen LogP contribution in [0.25, 0.3) is 22.1 Å². The number of fused-ring (bicyclic) bond motifs is 1. The Hall–Kier alpha value is -3.71. The van der Waals surface area contributed by atoms with E-state index in [4.69, 9.17) is 9.15 Å². The Balaban J connectivity index is 1.71. The van der Waals surface area contributed by atoms with Crippen LogP contribution in [-0.2, 0) is 11.2 Å². The van der Waals surface area contributed by atoms with Crippen molar-refractivity contribution in [2.24, 2.45) is 0 Å². The number of ether oxygens (including phenoxy) is 1. The number of hydrogen-bond acceptors (Lipinski definition) is 6. The molecule has 0 atom stereocenters. The Morgan fingerprint density at radius 2 is 1.82 bits per heavy atom. The zero-order valence-corrected chi connectivity index (χ0v) is 19.4. The highest BCUT2D eigenvalue weighted by Gasteiger charge is 2.24. The highest BCUT2D eigenvalue weighted by atomic mass is 32.1. The maximum atomic E-state index is 13.0. The van der Waals surface area contributed by atoms with Gasteiger partial charge in [-0.25, -0.2) is 4.79 Å². The molecule has 0 radical (unpaired) electrons. The monoisotopic (exact) mass is 461 g/mol. The summed E-state index contributed by atoms with van der Waals surface area (Å²) in [4.78, 5) is 38.3. The highest BCUT2D eigenvalue weighted by molar-refractivity contribution is 7.15. The number of amides is 1. The third-order valence-corrected chi connectivity index (χ3v) is 6.18. The molecule has 0 unspecified atom stereocenters. The second-order valence-electron chi connectivity index (χ2n) is 7.55. The lowest BCUT2D eigenvalue weighted by Gasteiger charge is -2.09. The van der Waals surface area contributed by atoms with Crippen molar-refractivity contribution in [1.82, 2.24) is 0 Å². The minimum absolute atomic E-state index is 0.128. The van der Waals surface area contributed by atoms with Gasteiger partial charge in [0.2, 0.25) is 0 Å². The quantitative estimate of drug-likeness (QED) is 0.366. The third kappa shape index (κ3) is 4.59. The van der Waals surface area contributed by atoms with Crippen LogP contribution in [0.15, 0.2) is 63.1 Å². The summed E-state index contributed by atoms with van der Waals surface area (Å²) in [5.41, 5.74) is 3.92. The molecule has 0 spiro atoms. The van der Waals surface area contributed by atoms with E-state index in [9.17, 15) is 14.4 Å². The normalized spacial score (nSPS) is 10.9. The average molecular weight is 462 g/mol. The predicted molar refractivity (Wildman–Crippen MR) is 130 cm³/mol. The van der Waals surface area contributed by atoms with Crippen molar-refractivity contribution in [2.45, 2.75) is 27.2 Å². The number of nitrogens with one attached hydrogen (secondary N) is 1. The van der Waals surface area contributed by atoms with E-state index in [0.29, 0.717) is 21.5 Å². The van der Waals surface area contributed by atoms with E-state index >= 15 is 0 Å². The number of rotatable bonds is 6. The highest BCUT2D eigenvalue weighted by Crippen LogP contribution is 2.36. The van der Waals surface area contributed by atoms with Gasteiger partial charge in [0, 0.05) is 17.0 Å². The Labute approximate surface area is 194 Å². The number of thiophene rings is 1. The molecule has 2 aromatic carbocycles. The number of esters is 1. The molecule has 2 heterocycles. The average Bonchev–Trinajstić information content (AvgIpc) is 3.23. The van der Waals surface area contributed by atoms with Gasteiger partial charge in [-0.15, -0.1) is 11.3 Å². The summed E-state index contributed by atoms with van der Waals surface area (Å²) in [6.07, 6.45) is 0.788. The number of hydrogen-bond donors (Lipinski definition) is 1. The second kappa shape index (κ2) is 9.42. The topological polar surface area (TPSA) is 85.6 Å². The van der Waals surface area contributed by atoms with Crippen LogP contribution in [0.4, 0.5) is 5.00 Å². The number of carbonyl (C=O) groups excluding carboxylic acids is 2. The van der Waals surface area contributed by atoms with E-state index in [2.05, 4.69) is 5.32 Å². The van der Waals surface area contributed by atoms with Gasteiger partial charge in [-0.05, 0) is 43.5 Å². The molecule has 1 N–H and O–H groups in total. The molecule has 4 rings (SSSR count). The summed E-state index contributed by atoms with van der Waals surface area (Å²) in [7, 11) is 0. The van der Waals surface area contributed by atoms with E-state index in [1.54, 1.807) is 24.4 Å². The van der Waals surface area contributed by atoms with Crippen LogP contribution in [0.5, 0.6) is 0 Å². The van der Waals surface area contributed by atoms with Gasteiger partial charge in [-0.3, -0.25) is 9.59 Å². The first-order valence-electron chi connectivity index (χ1n) is 10.6. The van der Waals surface area contributed by atoms with E-state index in [1.807, 2.05) is 44.2 Å². The molecular weight excluding hydrogens is 438 g/mol. The summed E-state index contributed by atoms with van der Waals surface area (Å²) in [6.45, 7) is 5.91. The first kappa shape index (κ1) is 22.5. The van der Waals surface area contributed by atoms with Crippen LogP contribution in [0, 0.1) is 6.92 Å². The molecule has 4 aromatic rings. The zero-order chi connectivity index (χ0) is 23.5. The van der Waals surface area contributed by atoms with Crippen molar-refractivity contribution < 1.29 is 18.7 Å². The molecule has 0 aliphatic rings. The van der Waals surface area contributed by atoms with Crippen LogP contribution in [0.3, 0.4) is 0 Å². The lowest BCUT2D eigenvalue weighted by molar-refractivity contribution is 0.0529. The minimum atomic E-state index is -0.614. The van der Waals surface area contributed by atoms with Crippen molar-refractivity contribution in [1.29, 1.82) is 0 Å². The van der Waals surface area contributed by atoms with Gasteiger partial charge in [0.1, 0.15) is 16.1 Å². The van der Waals surface area contributed by atoms with Gasteiger partial charge in [0.05, 0.1) is 12.0 Å². The first-order chi connectivity index (χ1) is 15.9. The maximum Gasteiger partial charge on any atom is 0.341 e. The zero-order valence-electron chi connectivity index (χ0n) is 18.6. The maximum absolute atomic E-state index is 13.0. The third-order valence-electron chi connectivity index (χ3n) is 5.28. The summed E-state index contributed by atoms with van der Waals surface area (Å²) >= 11 is 1.21. The van der Waals surface area contributed by atoms with Gasteiger partial charge in [-0.2, -0.15) is 0 Å². The Morgan fingerprint density at radius 1 is 1.06 bits per heavy atom. The molecule has 2 aromatic heterocycles. The lowest BCUT2D eigenvalue weighted by atomic mass is 10.0. The fourth-order valence-electron chi connectivity index (χ4n) is 3.50.